The van der Waals surface area contributed by atoms with Gasteiger partial charge in [-0.3, -0.25) is 4.79 Å². The number of nitrogens with one attached hydrogen (secondary N) is 1. The Labute approximate surface area is 123 Å². The van der Waals surface area contributed by atoms with E-state index in [1.165, 1.54) is 0 Å². The van der Waals surface area contributed by atoms with Crippen LogP contribution in [0.2, 0.25) is 0 Å². The fourth-order valence-corrected chi connectivity index (χ4v) is 1.92. The number of methoxy groups -OCH3 is 1. The average Bonchev–Trinajstić information content (AvgIpc) is 2.92. The summed E-state index contributed by atoms with van der Waals surface area (Å²) in [4.78, 5) is 11.9. The van der Waals surface area contributed by atoms with Gasteiger partial charge in [0, 0.05) is 0 Å². The number of carbonyl (C=O) groups is 1. The molecule has 0 aliphatic carbocycles. The fraction of sp³-hybridized carbons (Fsp3) is 0.312. The molecular weight excluding hydrogens is 270 g/mol. The molecule has 1 amide bonds. The van der Waals surface area contributed by atoms with Gasteiger partial charge in [0.25, 0.3) is 5.91 Å². The molecule has 0 saturated heterocycles. The van der Waals surface area contributed by atoms with E-state index in [1.807, 2.05) is 38.1 Å². The molecule has 0 bridgehead atoms. The fourth-order valence-electron chi connectivity index (χ4n) is 1.92. The van der Waals surface area contributed by atoms with Gasteiger partial charge >= 0.3 is 0 Å². The summed E-state index contributed by atoms with van der Waals surface area (Å²) in [5.74, 6) is 2.45. The second kappa shape index (κ2) is 6.83. The maximum atomic E-state index is 11.9. The number of ether oxygens (including phenoxy) is 2. The number of rotatable bonds is 6. The molecule has 112 valence electrons. The molecule has 0 radical (unpaired) electrons. The zero-order chi connectivity index (χ0) is 15.2. The first-order valence-corrected chi connectivity index (χ1v) is 6.71. The van der Waals surface area contributed by atoms with Gasteiger partial charge in [-0.15, -0.1) is 0 Å². The smallest absolute Gasteiger partial charge is 0.258 e. The second-order valence-corrected chi connectivity index (χ2v) is 4.68. The van der Waals surface area contributed by atoms with Crippen molar-refractivity contribution in [2.24, 2.45) is 0 Å². The summed E-state index contributed by atoms with van der Waals surface area (Å²) in [7, 11) is 1.56. The normalized spacial score (nSPS) is 11.8. The van der Waals surface area contributed by atoms with Crippen LogP contribution < -0.4 is 14.8 Å². The van der Waals surface area contributed by atoms with Gasteiger partial charge in [0.2, 0.25) is 0 Å². The average molecular weight is 289 g/mol. The molecule has 0 saturated carbocycles. The molecule has 1 aromatic heterocycles. The van der Waals surface area contributed by atoms with Gasteiger partial charge in [-0.2, -0.15) is 0 Å². The molecule has 0 fully saturated rings. The Kier molecular flexibility index (Phi) is 4.87. The van der Waals surface area contributed by atoms with Crippen LogP contribution in [0.5, 0.6) is 11.5 Å². The summed E-state index contributed by atoms with van der Waals surface area (Å²) in [6.07, 6.45) is 0. The van der Waals surface area contributed by atoms with Gasteiger partial charge in [0.1, 0.15) is 11.5 Å². The molecule has 2 aromatic rings. The monoisotopic (exact) mass is 289 g/mol. The Morgan fingerprint density at radius 3 is 2.57 bits per heavy atom. The van der Waals surface area contributed by atoms with E-state index in [1.54, 1.807) is 19.2 Å². The highest BCUT2D eigenvalue weighted by atomic mass is 16.5. The minimum atomic E-state index is -0.220. The van der Waals surface area contributed by atoms with Crippen molar-refractivity contribution in [3.05, 3.63) is 47.9 Å². The Balaban J connectivity index is 1.87. The van der Waals surface area contributed by atoms with Crippen LogP contribution in [0.15, 0.2) is 40.8 Å². The van der Waals surface area contributed by atoms with Crippen LogP contribution in [-0.4, -0.2) is 19.6 Å². The molecule has 1 atom stereocenters. The van der Waals surface area contributed by atoms with E-state index in [9.17, 15) is 4.79 Å². The van der Waals surface area contributed by atoms with Crippen molar-refractivity contribution < 1.29 is 18.7 Å². The van der Waals surface area contributed by atoms with Crippen molar-refractivity contribution in [2.75, 3.05) is 13.7 Å². The predicted molar refractivity (Wildman–Crippen MR) is 78.5 cm³/mol. The molecule has 21 heavy (non-hydrogen) atoms. The molecule has 1 N–H and O–H groups in total. The molecule has 5 nitrogen and oxygen atoms in total. The maximum Gasteiger partial charge on any atom is 0.258 e. The van der Waals surface area contributed by atoms with Crippen LogP contribution in [0.3, 0.4) is 0 Å². The molecule has 0 aliphatic rings. The summed E-state index contributed by atoms with van der Waals surface area (Å²) < 4.78 is 16.1. The summed E-state index contributed by atoms with van der Waals surface area (Å²) in [5.41, 5.74) is 0. The lowest BCUT2D eigenvalue weighted by Gasteiger charge is -2.13. The lowest BCUT2D eigenvalue weighted by molar-refractivity contribution is -0.123. The van der Waals surface area contributed by atoms with Gasteiger partial charge in [-0.1, -0.05) is 12.1 Å². The van der Waals surface area contributed by atoms with Crippen LogP contribution >= 0.6 is 0 Å². The third-order valence-electron chi connectivity index (χ3n) is 2.99. The first kappa shape index (κ1) is 15.0. The molecule has 0 aliphatic heterocycles. The lowest BCUT2D eigenvalue weighted by atomic mass is 10.2. The van der Waals surface area contributed by atoms with E-state index < -0.39 is 0 Å². The summed E-state index contributed by atoms with van der Waals surface area (Å²) in [5, 5.41) is 2.82. The third kappa shape index (κ3) is 4.02. The standard InChI is InChI=1S/C16H19NO4/c1-11-8-9-13(21-11)12(2)17-16(18)10-20-15-7-5-4-6-14(15)19-3/h4-9,12H,10H2,1-3H3,(H,17,18)/t12-/m1/s1. The first-order valence-electron chi connectivity index (χ1n) is 6.71. The van der Waals surface area contributed by atoms with E-state index in [0.29, 0.717) is 11.5 Å². The largest absolute Gasteiger partial charge is 0.493 e. The van der Waals surface area contributed by atoms with E-state index in [0.717, 1.165) is 11.5 Å². The van der Waals surface area contributed by atoms with Gasteiger partial charge in [-0.05, 0) is 38.1 Å². The molecule has 0 spiro atoms. The number of aryl methyl sites for hydroxylation is 1. The predicted octanol–water partition coefficient (Wildman–Crippen LogP) is 2.85. The zero-order valence-electron chi connectivity index (χ0n) is 12.4. The van der Waals surface area contributed by atoms with E-state index in [4.69, 9.17) is 13.9 Å². The molecule has 5 heteroatoms. The highest BCUT2D eigenvalue weighted by Crippen LogP contribution is 2.25. The Hall–Kier alpha value is -2.43. The minimum absolute atomic E-state index is 0.0790. The molecule has 2 rings (SSSR count). The van der Waals surface area contributed by atoms with Crippen LogP contribution in [0.1, 0.15) is 24.5 Å². The number of hydrogen-bond donors (Lipinski definition) is 1. The van der Waals surface area contributed by atoms with Gasteiger partial charge in [0.15, 0.2) is 18.1 Å². The number of benzene rings is 1. The number of hydrogen-bond acceptors (Lipinski definition) is 4. The van der Waals surface area contributed by atoms with E-state index in [-0.39, 0.29) is 18.6 Å². The molecule has 1 heterocycles. The topological polar surface area (TPSA) is 60.7 Å². The Morgan fingerprint density at radius 1 is 1.24 bits per heavy atom. The molecule has 0 unspecified atom stereocenters. The molecule has 1 aromatic carbocycles. The summed E-state index contributed by atoms with van der Waals surface area (Å²) in [6.45, 7) is 3.65. The third-order valence-corrected chi connectivity index (χ3v) is 2.99. The number of carbonyl (C=O) groups excluding carboxylic acids is 1. The highest BCUT2D eigenvalue weighted by molar-refractivity contribution is 5.78. The summed E-state index contributed by atoms with van der Waals surface area (Å²) in [6, 6.07) is 10.7. The van der Waals surface area contributed by atoms with Crippen LogP contribution in [0.4, 0.5) is 0 Å². The second-order valence-electron chi connectivity index (χ2n) is 4.68. The van der Waals surface area contributed by atoms with Crippen LogP contribution in [0.25, 0.3) is 0 Å². The number of amides is 1. The van der Waals surface area contributed by atoms with Crippen molar-refractivity contribution in [1.82, 2.24) is 5.32 Å². The SMILES string of the molecule is COc1ccccc1OCC(=O)N[C@H](C)c1ccc(C)o1. The van der Waals surface area contributed by atoms with Crippen molar-refractivity contribution >= 4 is 5.91 Å². The van der Waals surface area contributed by atoms with Crippen molar-refractivity contribution in [3.63, 3.8) is 0 Å². The lowest BCUT2D eigenvalue weighted by Crippen LogP contribution is -2.31. The van der Waals surface area contributed by atoms with Crippen molar-refractivity contribution in [3.8, 4) is 11.5 Å². The number of furan rings is 1. The highest BCUT2D eigenvalue weighted by Gasteiger charge is 2.13. The van der Waals surface area contributed by atoms with Crippen LogP contribution in [-0.2, 0) is 4.79 Å². The zero-order valence-corrected chi connectivity index (χ0v) is 12.4. The quantitative estimate of drug-likeness (QED) is 0.888. The van der Waals surface area contributed by atoms with Crippen LogP contribution in [0, 0.1) is 6.92 Å². The number of para-hydroxylation sites is 2. The maximum absolute atomic E-state index is 11.9. The van der Waals surface area contributed by atoms with Crippen molar-refractivity contribution in [1.29, 1.82) is 0 Å². The molecular formula is C16H19NO4. The summed E-state index contributed by atoms with van der Waals surface area (Å²) >= 11 is 0. The Morgan fingerprint density at radius 2 is 1.95 bits per heavy atom. The Bertz CT molecular complexity index is 606. The van der Waals surface area contributed by atoms with E-state index in [2.05, 4.69) is 5.32 Å². The first-order chi connectivity index (χ1) is 10.1. The van der Waals surface area contributed by atoms with Gasteiger partial charge in [0.05, 0.1) is 13.2 Å². The van der Waals surface area contributed by atoms with Crippen molar-refractivity contribution in [2.45, 2.75) is 19.9 Å². The van der Waals surface area contributed by atoms with E-state index >= 15 is 0 Å². The minimum Gasteiger partial charge on any atom is -0.493 e. The van der Waals surface area contributed by atoms with Gasteiger partial charge in [-0.25, -0.2) is 0 Å². The van der Waals surface area contributed by atoms with Gasteiger partial charge < -0.3 is 19.2 Å².